The maximum atomic E-state index is 4.51. The number of nitrogens with zero attached hydrogens (tertiary/aromatic N) is 3. The molecule has 0 saturated heterocycles. The van der Waals surface area contributed by atoms with Gasteiger partial charge in [-0.05, 0) is 38.5 Å². The van der Waals surface area contributed by atoms with Gasteiger partial charge in [0.1, 0.15) is 5.82 Å². The summed E-state index contributed by atoms with van der Waals surface area (Å²) in [6.45, 7) is 3.40. The van der Waals surface area contributed by atoms with E-state index in [0.717, 1.165) is 12.6 Å². The molecule has 0 aliphatic heterocycles. The van der Waals surface area contributed by atoms with Crippen molar-refractivity contribution in [3.8, 4) is 0 Å². The summed E-state index contributed by atoms with van der Waals surface area (Å²) in [5.74, 6) is 1.98. The molecule has 0 amide bonds. The fourth-order valence-corrected chi connectivity index (χ4v) is 4.33. The molecule has 0 spiro atoms. The third-order valence-corrected chi connectivity index (χ3v) is 5.96. The average molecular weight is 306 g/mol. The molecule has 1 unspecified atom stereocenters. The average Bonchev–Trinajstić information content (AvgIpc) is 3.41. The Kier molecular flexibility index (Phi) is 3.96. The van der Waals surface area contributed by atoms with Gasteiger partial charge in [0, 0.05) is 29.8 Å². The van der Waals surface area contributed by atoms with Gasteiger partial charge in [-0.15, -0.1) is 10.2 Å². The van der Waals surface area contributed by atoms with Gasteiger partial charge in [-0.3, -0.25) is 0 Å². The van der Waals surface area contributed by atoms with Crippen LogP contribution in [0.15, 0.2) is 5.16 Å². The fourth-order valence-electron chi connectivity index (χ4n) is 3.35. The molecule has 116 valence electrons. The lowest BCUT2D eigenvalue weighted by atomic mass is 10.2. The van der Waals surface area contributed by atoms with E-state index in [4.69, 9.17) is 0 Å². The third kappa shape index (κ3) is 3.29. The highest BCUT2D eigenvalue weighted by Gasteiger charge is 2.36. The minimum absolute atomic E-state index is 0.569. The number of hydrogen-bond acceptors (Lipinski definition) is 4. The van der Waals surface area contributed by atoms with Gasteiger partial charge in [0.2, 0.25) is 0 Å². The van der Waals surface area contributed by atoms with E-state index < -0.39 is 0 Å². The van der Waals surface area contributed by atoms with Crippen molar-refractivity contribution in [2.24, 2.45) is 0 Å². The number of nitrogens with one attached hydrogen (secondary N) is 1. The Balaban J connectivity index is 1.37. The molecule has 1 atom stereocenters. The summed E-state index contributed by atoms with van der Waals surface area (Å²) in [6, 6.07) is 1.46. The lowest BCUT2D eigenvalue weighted by Gasteiger charge is -2.17. The highest BCUT2D eigenvalue weighted by molar-refractivity contribution is 7.99. The van der Waals surface area contributed by atoms with Gasteiger partial charge < -0.3 is 9.88 Å². The summed E-state index contributed by atoms with van der Waals surface area (Å²) < 4.78 is 2.47. The SMILES string of the molecule is CC(CNC1CCCC1)Sc1nnc(C2CC2)n1C1CC1. The molecular weight excluding hydrogens is 280 g/mol. The van der Waals surface area contributed by atoms with Crippen LogP contribution in [0.2, 0.25) is 0 Å². The van der Waals surface area contributed by atoms with Crippen molar-refractivity contribution in [1.82, 2.24) is 20.1 Å². The lowest BCUT2D eigenvalue weighted by molar-refractivity contribution is 0.526. The van der Waals surface area contributed by atoms with Crippen molar-refractivity contribution in [2.45, 2.75) is 86.7 Å². The summed E-state index contributed by atoms with van der Waals surface area (Å²) in [7, 11) is 0. The van der Waals surface area contributed by atoms with Crippen LogP contribution < -0.4 is 5.32 Å². The zero-order valence-electron chi connectivity index (χ0n) is 12.9. The minimum Gasteiger partial charge on any atom is -0.313 e. The van der Waals surface area contributed by atoms with Crippen molar-refractivity contribution in [1.29, 1.82) is 0 Å². The molecule has 0 radical (unpaired) electrons. The minimum atomic E-state index is 0.569. The molecule has 0 bridgehead atoms. The number of aromatic nitrogens is 3. The second kappa shape index (κ2) is 5.92. The third-order valence-electron chi connectivity index (χ3n) is 4.90. The van der Waals surface area contributed by atoms with Crippen molar-refractivity contribution in [2.75, 3.05) is 6.54 Å². The zero-order chi connectivity index (χ0) is 14.2. The van der Waals surface area contributed by atoms with E-state index in [-0.39, 0.29) is 0 Å². The van der Waals surface area contributed by atoms with E-state index >= 15 is 0 Å². The molecule has 1 aromatic rings. The van der Waals surface area contributed by atoms with Crippen LogP contribution in [0.3, 0.4) is 0 Å². The van der Waals surface area contributed by atoms with Gasteiger partial charge in [0.15, 0.2) is 5.16 Å². The quantitative estimate of drug-likeness (QED) is 0.783. The largest absolute Gasteiger partial charge is 0.313 e. The first kappa shape index (κ1) is 14.1. The monoisotopic (exact) mass is 306 g/mol. The predicted molar refractivity (Wildman–Crippen MR) is 85.8 cm³/mol. The van der Waals surface area contributed by atoms with Crippen molar-refractivity contribution in [3.63, 3.8) is 0 Å². The van der Waals surface area contributed by atoms with Crippen molar-refractivity contribution < 1.29 is 0 Å². The topological polar surface area (TPSA) is 42.7 Å². The van der Waals surface area contributed by atoms with E-state index in [1.807, 2.05) is 11.8 Å². The molecule has 4 rings (SSSR count). The first-order chi connectivity index (χ1) is 10.3. The molecule has 0 aromatic carbocycles. The molecule has 5 heteroatoms. The highest BCUT2D eigenvalue weighted by atomic mass is 32.2. The smallest absolute Gasteiger partial charge is 0.191 e. The van der Waals surface area contributed by atoms with E-state index in [0.29, 0.717) is 17.2 Å². The van der Waals surface area contributed by atoms with Crippen molar-refractivity contribution >= 4 is 11.8 Å². The van der Waals surface area contributed by atoms with E-state index in [9.17, 15) is 0 Å². The molecule has 3 aliphatic carbocycles. The summed E-state index contributed by atoms with van der Waals surface area (Å²) in [6.07, 6.45) is 10.8. The summed E-state index contributed by atoms with van der Waals surface area (Å²) >= 11 is 1.91. The van der Waals surface area contributed by atoms with Gasteiger partial charge in [0.25, 0.3) is 0 Å². The first-order valence-electron chi connectivity index (χ1n) is 8.66. The Morgan fingerprint density at radius 1 is 1.14 bits per heavy atom. The molecule has 1 heterocycles. The second-order valence-corrected chi connectivity index (χ2v) is 8.44. The number of hydrogen-bond donors (Lipinski definition) is 1. The van der Waals surface area contributed by atoms with Crippen LogP contribution >= 0.6 is 11.8 Å². The Hall–Kier alpha value is -0.550. The van der Waals surface area contributed by atoms with E-state index in [2.05, 4.69) is 27.0 Å². The second-order valence-electron chi connectivity index (χ2n) is 7.03. The Labute approximate surface area is 131 Å². The van der Waals surface area contributed by atoms with E-state index in [1.54, 1.807) is 0 Å². The van der Waals surface area contributed by atoms with Crippen LogP contribution in [-0.4, -0.2) is 32.6 Å². The van der Waals surface area contributed by atoms with Gasteiger partial charge in [-0.1, -0.05) is 31.5 Å². The fraction of sp³-hybridized carbons (Fsp3) is 0.875. The Morgan fingerprint density at radius 3 is 2.57 bits per heavy atom. The van der Waals surface area contributed by atoms with Crippen molar-refractivity contribution in [3.05, 3.63) is 5.82 Å². The van der Waals surface area contributed by atoms with Crippen LogP contribution in [0.4, 0.5) is 0 Å². The predicted octanol–water partition coefficient (Wildman–Crippen LogP) is 3.50. The van der Waals surface area contributed by atoms with Gasteiger partial charge in [-0.25, -0.2) is 0 Å². The lowest BCUT2D eigenvalue weighted by Crippen LogP contribution is -2.31. The molecule has 3 saturated carbocycles. The molecular formula is C16H26N4S. The van der Waals surface area contributed by atoms with Crippen LogP contribution in [-0.2, 0) is 0 Å². The summed E-state index contributed by atoms with van der Waals surface area (Å²) in [5, 5.41) is 14.5. The number of thioether (sulfide) groups is 1. The molecule has 4 nitrogen and oxygen atoms in total. The molecule has 21 heavy (non-hydrogen) atoms. The highest BCUT2D eigenvalue weighted by Crippen LogP contribution is 2.46. The Bertz CT molecular complexity index is 486. The summed E-state index contributed by atoms with van der Waals surface area (Å²) in [4.78, 5) is 0. The zero-order valence-corrected chi connectivity index (χ0v) is 13.7. The molecule has 3 aliphatic rings. The van der Waals surface area contributed by atoms with Gasteiger partial charge >= 0.3 is 0 Å². The van der Waals surface area contributed by atoms with Crippen LogP contribution in [0.1, 0.15) is 76.1 Å². The van der Waals surface area contributed by atoms with E-state index in [1.165, 1.54) is 62.3 Å². The maximum absolute atomic E-state index is 4.51. The normalized spacial score (nSPS) is 24.6. The van der Waals surface area contributed by atoms with Crippen LogP contribution in [0, 0.1) is 0 Å². The maximum Gasteiger partial charge on any atom is 0.191 e. The Morgan fingerprint density at radius 2 is 1.90 bits per heavy atom. The number of rotatable bonds is 7. The summed E-state index contributed by atoms with van der Waals surface area (Å²) in [5.41, 5.74) is 0. The van der Waals surface area contributed by atoms with Gasteiger partial charge in [0.05, 0.1) is 0 Å². The molecule has 3 fully saturated rings. The molecule has 1 aromatic heterocycles. The van der Waals surface area contributed by atoms with Gasteiger partial charge in [-0.2, -0.15) is 0 Å². The standard InChI is InChI=1S/C16H26N4S/c1-11(10-17-13-4-2-3-5-13)21-16-19-18-15(12-6-7-12)20(16)14-8-9-14/h11-14,17H,2-10H2,1H3. The van der Waals surface area contributed by atoms with Crippen LogP contribution in [0.5, 0.6) is 0 Å². The molecule has 1 N–H and O–H groups in total. The first-order valence-corrected chi connectivity index (χ1v) is 9.54. The van der Waals surface area contributed by atoms with Crippen LogP contribution in [0.25, 0.3) is 0 Å².